The molecule has 1 aromatic carbocycles. The lowest BCUT2D eigenvalue weighted by Gasteiger charge is -2.26. The second-order valence-corrected chi connectivity index (χ2v) is 14.0. The molecule has 25 heavy (non-hydrogen) atoms. The van der Waals surface area contributed by atoms with E-state index in [2.05, 4.69) is 74.7 Å². The number of aromatic nitrogens is 1. The van der Waals surface area contributed by atoms with Crippen molar-refractivity contribution in [3.8, 4) is 11.3 Å². The van der Waals surface area contributed by atoms with Crippen LogP contribution in [0.5, 0.6) is 0 Å². The van der Waals surface area contributed by atoms with E-state index in [1.807, 2.05) is 0 Å². The molecule has 1 saturated carbocycles. The summed E-state index contributed by atoms with van der Waals surface area (Å²) in [6.45, 7) is 9.70. The Hall–Kier alpha value is -1.41. The molecule has 1 nitrogen and oxygen atoms in total. The predicted molar refractivity (Wildman–Crippen MR) is 111 cm³/mol. The van der Waals surface area contributed by atoms with E-state index in [1.54, 1.807) is 10.8 Å². The van der Waals surface area contributed by atoms with Crippen LogP contribution < -0.4 is 9.75 Å². The largest absolute Gasteiger partial charge is 0.212 e. The summed E-state index contributed by atoms with van der Waals surface area (Å²) in [5, 5.41) is 1.66. The molecule has 0 unspecified atom stereocenters. The van der Waals surface area contributed by atoms with Crippen molar-refractivity contribution in [3.05, 3.63) is 47.7 Å². The van der Waals surface area contributed by atoms with Gasteiger partial charge in [-0.2, -0.15) is 0 Å². The minimum atomic E-state index is -1.38. The lowest BCUT2D eigenvalue weighted by Crippen LogP contribution is -2.45. The Morgan fingerprint density at radius 3 is 2.36 bits per heavy atom. The third-order valence-electron chi connectivity index (χ3n) is 5.82. The summed E-state index contributed by atoms with van der Waals surface area (Å²) >= 11 is 0. The molecule has 0 bridgehead atoms. The van der Waals surface area contributed by atoms with Crippen molar-refractivity contribution in [3.63, 3.8) is 0 Å². The molecule has 1 heterocycles. The minimum Gasteiger partial charge on any atom is -0.201 e. The molecule has 3 rings (SSSR count). The first-order valence-electron chi connectivity index (χ1n) is 9.95. The third-order valence-corrected chi connectivity index (χ3v) is 7.90. The van der Waals surface area contributed by atoms with Gasteiger partial charge in [0.25, 0.3) is 0 Å². The van der Waals surface area contributed by atoms with Crippen LogP contribution >= 0.6 is 0 Å². The fraction of sp³-hybridized carbons (Fsp3) is 0.522. The lowest BCUT2D eigenvalue weighted by atomic mass is 9.85. The van der Waals surface area contributed by atoms with Gasteiger partial charge in [-0.15, -0.1) is 0 Å². The molecule has 134 valence electrons. The van der Waals surface area contributed by atoms with E-state index in [0.29, 0.717) is 0 Å². The Balaban J connectivity index is 2.04. The smallest absolute Gasteiger partial charge is 0.201 e. The molecular weight excluding hydrogens is 318 g/mol. The van der Waals surface area contributed by atoms with Crippen LogP contribution in [-0.4, -0.2) is 8.07 Å². The summed E-state index contributed by atoms with van der Waals surface area (Å²) in [7, 11) is 0.842. The van der Waals surface area contributed by atoms with Gasteiger partial charge in [-0.3, -0.25) is 0 Å². The van der Waals surface area contributed by atoms with Crippen molar-refractivity contribution in [1.29, 1.82) is 0 Å². The maximum Gasteiger partial charge on any atom is 0.212 e. The molecule has 0 amide bonds. The third kappa shape index (κ3) is 4.23. The van der Waals surface area contributed by atoms with E-state index in [4.69, 9.17) is 0 Å². The molecule has 0 radical (unpaired) electrons. The molecule has 0 saturated heterocycles. The molecule has 2 aromatic rings. The molecule has 1 fully saturated rings. The van der Waals surface area contributed by atoms with Crippen LogP contribution in [0.1, 0.15) is 43.2 Å². The molecule has 0 N–H and O–H groups in total. The van der Waals surface area contributed by atoms with Gasteiger partial charge < -0.3 is 0 Å². The number of pyridine rings is 1. The Bertz CT molecular complexity index is 736. The first-order valence-corrected chi connectivity index (χ1v) is 13.5. The van der Waals surface area contributed by atoms with E-state index in [-0.39, 0.29) is 0 Å². The van der Waals surface area contributed by atoms with Gasteiger partial charge in [0.15, 0.2) is 6.20 Å². The minimum absolute atomic E-state index is 0.896. The number of rotatable bonds is 4. The van der Waals surface area contributed by atoms with Crippen molar-refractivity contribution in [1.82, 2.24) is 0 Å². The lowest BCUT2D eigenvalue weighted by molar-refractivity contribution is -0.660. The van der Waals surface area contributed by atoms with E-state index in [0.717, 1.165) is 5.92 Å². The van der Waals surface area contributed by atoms with Gasteiger partial charge in [-0.05, 0) is 36.1 Å². The molecule has 1 aliphatic rings. The predicted octanol–water partition coefficient (Wildman–Crippen LogP) is 5.15. The molecule has 1 aromatic heterocycles. The normalized spacial score (nSPS) is 16.2. The highest BCUT2D eigenvalue weighted by Crippen LogP contribution is 2.27. The van der Waals surface area contributed by atoms with Crippen LogP contribution in [0, 0.1) is 12.8 Å². The van der Waals surface area contributed by atoms with Crippen molar-refractivity contribution < 1.29 is 4.57 Å². The van der Waals surface area contributed by atoms with E-state index in [9.17, 15) is 0 Å². The Kier molecular flexibility index (Phi) is 5.48. The number of aryl methyl sites for hydroxylation is 2. The van der Waals surface area contributed by atoms with Crippen LogP contribution in [0.25, 0.3) is 11.3 Å². The summed E-state index contributed by atoms with van der Waals surface area (Å²) in [5.74, 6) is 0.896. The van der Waals surface area contributed by atoms with Gasteiger partial charge in [0.1, 0.15) is 7.05 Å². The first-order chi connectivity index (χ1) is 11.9. The average Bonchev–Trinajstić information content (AvgIpc) is 2.56. The second kappa shape index (κ2) is 7.45. The first kappa shape index (κ1) is 18.4. The standard InChI is InChI=1S/C23H34NSi/c1-18-11-9-10-14-21(18)22-16-23(25(3,4)5)20(17-24(22)2)15-19-12-7-6-8-13-19/h9-11,14,16-17,19H,6-8,12-13,15H2,1-5H3/q+1. The number of benzene rings is 1. The van der Waals surface area contributed by atoms with Crippen LogP contribution in [0.4, 0.5) is 0 Å². The van der Waals surface area contributed by atoms with Crippen LogP contribution in [0.3, 0.4) is 0 Å². The highest BCUT2D eigenvalue weighted by Gasteiger charge is 2.27. The molecule has 1 aliphatic carbocycles. The summed E-state index contributed by atoms with van der Waals surface area (Å²) in [6.07, 6.45) is 10.9. The Labute approximate surface area is 155 Å². The van der Waals surface area contributed by atoms with Crippen molar-refractivity contribution in [2.45, 2.75) is 65.1 Å². The van der Waals surface area contributed by atoms with Gasteiger partial charge in [0.05, 0.1) is 8.07 Å². The van der Waals surface area contributed by atoms with Gasteiger partial charge >= 0.3 is 0 Å². The molecule has 2 heteroatoms. The van der Waals surface area contributed by atoms with Gasteiger partial charge in [0.2, 0.25) is 5.69 Å². The van der Waals surface area contributed by atoms with E-state index in [1.165, 1.54) is 55.3 Å². The maximum absolute atomic E-state index is 2.52. The zero-order valence-corrected chi connectivity index (χ0v) is 17.7. The Morgan fingerprint density at radius 2 is 1.72 bits per heavy atom. The zero-order valence-electron chi connectivity index (χ0n) is 16.7. The summed E-state index contributed by atoms with van der Waals surface area (Å²) in [4.78, 5) is 0. The number of hydrogen-bond acceptors (Lipinski definition) is 0. The summed E-state index contributed by atoms with van der Waals surface area (Å²) < 4.78 is 2.37. The topological polar surface area (TPSA) is 3.88 Å². The van der Waals surface area contributed by atoms with Gasteiger partial charge in [0, 0.05) is 17.2 Å². The Morgan fingerprint density at radius 1 is 1.04 bits per heavy atom. The van der Waals surface area contributed by atoms with Gasteiger partial charge in [-0.25, -0.2) is 4.57 Å². The highest BCUT2D eigenvalue weighted by molar-refractivity contribution is 6.89. The fourth-order valence-corrected chi connectivity index (χ4v) is 6.09. The van der Waals surface area contributed by atoms with Crippen molar-refractivity contribution >= 4 is 13.3 Å². The SMILES string of the molecule is Cc1ccccc1-c1cc([Si](C)(C)C)c(CC2CCCCC2)c[n+]1C. The molecule has 0 spiro atoms. The highest BCUT2D eigenvalue weighted by atomic mass is 28.3. The second-order valence-electron chi connectivity index (χ2n) is 8.98. The van der Waals surface area contributed by atoms with Crippen molar-refractivity contribution in [2.75, 3.05) is 0 Å². The van der Waals surface area contributed by atoms with Crippen LogP contribution in [0.2, 0.25) is 19.6 Å². The average molecular weight is 353 g/mol. The van der Waals surface area contributed by atoms with Crippen LogP contribution in [0.15, 0.2) is 36.5 Å². The molecule has 0 atom stereocenters. The summed E-state index contributed by atoms with van der Waals surface area (Å²) in [6, 6.07) is 11.3. The van der Waals surface area contributed by atoms with Crippen LogP contribution in [-0.2, 0) is 13.5 Å². The van der Waals surface area contributed by atoms with Crippen molar-refractivity contribution in [2.24, 2.45) is 13.0 Å². The number of nitrogens with zero attached hydrogens (tertiary/aromatic N) is 1. The number of hydrogen-bond donors (Lipinski definition) is 0. The molecule has 0 aliphatic heterocycles. The fourth-order valence-electron chi connectivity index (χ4n) is 4.40. The zero-order chi connectivity index (χ0) is 18.0. The van der Waals surface area contributed by atoms with E-state index < -0.39 is 8.07 Å². The quantitative estimate of drug-likeness (QED) is 0.529. The van der Waals surface area contributed by atoms with Gasteiger partial charge in [-0.1, -0.05) is 69.9 Å². The van der Waals surface area contributed by atoms with E-state index >= 15 is 0 Å². The monoisotopic (exact) mass is 352 g/mol. The molecular formula is C23H34NSi+. The maximum atomic E-state index is 2.52. The summed E-state index contributed by atoms with van der Waals surface area (Å²) in [5.41, 5.74) is 5.71.